The van der Waals surface area contributed by atoms with Gasteiger partial charge in [-0.15, -0.1) is 0 Å². The fourth-order valence-electron chi connectivity index (χ4n) is 0.768. The van der Waals surface area contributed by atoms with Crippen LogP contribution in [0.2, 0.25) is 0 Å². The van der Waals surface area contributed by atoms with Crippen LogP contribution in [-0.2, 0) is 0 Å². The summed E-state index contributed by atoms with van der Waals surface area (Å²) in [5, 5.41) is 9.65. The van der Waals surface area contributed by atoms with Crippen molar-refractivity contribution in [3.63, 3.8) is 0 Å². The van der Waals surface area contributed by atoms with Gasteiger partial charge in [0.25, 0.3) is 5.91 Å². The second-order valence-electron chi connectivity index (χ2n) is 2.83. The van der Waals surface area contributed by atoms with Crippen LogP contribution in [0.1, 0.15) is 30.0 Å². The number of aryl methyl sites for hydroxylation is 1. The smallest absolute Gasteiger partial charge is 0.275 e. The maximum Gasteiger partial charge on any atom is 0.275 e. The van der Waals surface area contributed by atoms with E-state index in [4.69, 9.17) is 0 Å². The number of aromatic nitrogens is 2. The van der Waals surface area contributed by atoms with Gasteiger partial charge in [0, 0.05) is 6.04 Å². The molecule has 66 valence electrons. The van der Waals surface area contributed by atoms with E-state index < -0.39 is 0 Å². The van der Waals surface area contributed by atoms with Crippen LogP contribution >= 0.6 is 0 Å². The first kappa shape index (κ1) is 8.70. The third-order valence-electron chi connectivity index (χ3n) is 1.29. The van der Waals surface area contributed by atoms with Crippen molar-refractivity contribution in [2.45, 2.75) is 26.8 Å². The van der Waals surface area contributed by atoms with Crippen molar-refractivity contribution in [3.05, 3.63) is 11.4 Å². The fraction of sp³-hybridized carbons (Fsp3) is 0.571. The summed E-state index contributed by atoms with van der Waals surface area (Å²) in [6.45, 7) is 5.42. The number of hydrogen-bond donors (Lipinski definition) is 1. The van der Waals surface area contributed by atoms with Crippen molar-refractivity contribution in [2.75, 3.05) is 0 Å². The van der Waals surface area contributed by atoms with Gasteiger partial charge >= 0.3 is 0 Å². The van der Waals surface area contributed by atoms with E-state index in [0.717, 1.165) is 0 Å². The Balaban J connectivity index is 2.72. The highest BCUT2D eigenvalue weighted by Gasteiger charge is 2.14. The number of carbonyl (C=O) groups excluding carboxylic acids is 1. The molecule has 0 bridgehead atoms. The molecular weight excluding hydrogens is 158 g/mol. The third-order valence-corrected chi connectivity index (χ3v) is 1.29. The summed E-state index contributed by atoms with van der Waals surface area (Å²) in [5.41, 5.74) is 0.761. The molecule has 1 N–H and O–H groups in total. The second-order valence-corrected chi connectivity index (χ2v) is 2.83. The molecule has 0 aliphatic heterocycles. The van der Waals surface area contributed by atoms with E-state index in [2.05, 4.69) is 20.3 Å². The van der Waals surface area contributed by atoms with E-state index in [9.17, 15) is 4.79 Å². The topological polar surface area (TPSA) is 68.0 Å². The molecule has 0 atom stereocenters. The molecular formula is C7H11N3O2. The number of nitrogens with one attached hydrogen (secondary N) is 1. The molecule has 0 fully saturated rings. The zero-order valence-electron chi connectivity index (χ0n) is 7.29. The molecule has 1 rings (SSSR count). The van der Waals surface area contributed by atoms with Gasteiger partial charge in [0.05, 0.1) is 0 Å². The summed E-state index contributed by atoms with van der Waals surface area (Å²) in [4.78, 5) is 11.3. The van der Waals surface area contributed by atoms with Crippen molar-refractivity contribution < 1.29 is 9.42 Å². The zero-order chi connectivity index (χ0) is 9.14. The average Bonchev–Trinajstić information content (AvgIpc) is 2.33. The second kappa shape index (κ2) is 3.34. The van der Waals surface area contributed by atoms with Crippen molar-refractivity contribution >= 4 is 5.91 Å². The molecule has 0 aliphatic carbocycles. The fourth-order valence-corrected chi connectivity index (χ4v) is 0.768. The molecule has 1 amide bonds. The highest BCUT2D eigenvalue weighted by Crippen LogP contribution is 1.99. The Morgan fingerprint density at radius 2 is 2.17 bits per heavy atom. The molecule has 0 saturated carbocycles. The molecule has 1 heterocycles. The lowest BCUT2D eigenvalue weighted by Gasteiger charge is -2.04. The average molecular weight is 169 g/mol. The Hall–Kier alpha value is -1.39. The molecule has 0 spiro atoms. The van der Waals surface area contributed by atoms with Gasteiger partial charge in [0.2, 0.25) is 0 Å². The van der Waals surface area contributed by atoms with E-state index >= 15 is 0 Å². The molecule has 0 unspecified atom stereocenters. The Labute approximate surface area is 70.1 Å². The number of hydrogen-bond acceptors (Lipinski definition) is 4. The lowest BCUT2D eigenvalue weighted by Crippen LogP contribution is -2.30. The Kier molecular flexibility index (Phi) is 2.42. The van der Waals surface area contributed by atoms with E-state index in [0.29, 0.717) is 5.69 Å². The summed E-state index contributed by atoms with van der Waals surface area (Å²) < 4.78 is 4.39. The van der Waals surface area contributed by atoms with Gasteiger partial charge < -0.3 is 5.32 Å². The Morgan fingerprint density at radius 3 is 2.58 bits per heavy atom. The maximum atomic E-state index is 11.3. The predicted octanol–water partition coefficient (Wildman–Crippen LogP) is 0.516. The van der Waals surface area contributed by atoms with Gasteiger partial charge in [0.15, 0.2) is 5.69 Å². The monoisotopic (exact) mass is 169 g/mol. The largest absolute Gasteiger partial charge is 0.348 e. The minimum Gasteiger partial charge on any atom is -0.348 e. The van der Waals surface area contributed by atoms with Gasteiger partial charge in [-0.2, -0.15) is 0 Å². The standard InChI is InChI=1S/C7H11N3O2/c1-4(2)8-7(11)6-5(3)9-12-10-6/h4H,1-3H3,(H,8,11). The normalized spacial score (nSPS) is 10.3. The van der Waals surface area contributed by atoms with E-state index in [1.807, 2.05) is 13.8 Å². The molecule has 0 radical (unpaired) electrons. The van der Waals surface area contributed by atoms with Crippen LogP contribution in [0.15, 0.2) is 4.63 Å². The summed E-state index contributed by atoms with van der Waals surface area (Å²) in [5.74, 6) is -0.247. The molecule has 0 aliphatic rings. The number of rotatable bonds is 2. The van der Waals surface area contributed by atoms with Crippen LogP contribution in [0.5, 0.6) is 0 Å². The highest BCUT2D eigenvalue weighted by molar-refractivity contribution is 5.93. The van der Waals surface area contributed by atoms with Crippen LogP contribution in [0.4, 0.5) is 0 Å². The summed E-state index contributed by atoms with van der Waals surface area (Å²) in [6, 6.07) is 0.0913. The summed E-state index contributed by atoms with van der Waals surface area (Å²) in [6.07, 6.45) is 0. The minimum atomic E-state index is -0.247. The van der Waals surface area contributed by atoms with Crippen molar-refractivity contribution in [1.82, 2.24) is 15.6 Å². The van der Waals surface area contributed by atoms with Gasteiger partial charge in [-0.25, -0.2) is 4.63 Å². The molecule has 0 aromatic carbocycles. The number of nitrogens with zero attached hydrogens (tertiary/aromatic N) is 2. The van der Waals surface area contributed by atoms with E-state index in [1.165, 1.54) is 0 Å². The Bertz CT molecular complexity index is 280. The van der Waals surface area contributed by atoms with Gasteiger partial charge in [-0.3, -0.25) is 4.79 Å². The van der Waals surface area contributed by atoms with Crippen LogP contribution in [0, 0.1) is 6.92 Å². The van der Waals surface area contributed by atoms with Gasteiger partial charge in [-0.05, 0) is 25.9 Å². The van der Waals surface area contributed by atoms with Crippen LogP contribution in [-0.4, -0.2) is 22.3 Å². The molecule has 12 heavy (non-hydrogen) atoms. The van der Waals surface area contributed by atoms with Crippen molar-refractivity contribution in [3.8, 4) is 0 Å². The van der Waals surface area contributed by atoms with Crippen molar-refractivity contribution in [1.29, 1.82) is 0 Å². The Morgan fingerprint density at radius 1 is 1.50 bits per heavy atom. The molecule has 1 aromatic heterocycles. The van der Waals surface area contributed by atoms with E-state index in [1.54, 1.807) is 6.92 Å². The summed E-state index contributed by atoms with van der Waals surface area (Å²) >= 11 is 0. The quantitative estimate of drug-likeness (QED) is 0.700. The first-order valence-electron chi connectivity index (χ1n) is 3.71. The van der Waals surface area contributed by atoms with Crippen molar-refractivity contribution in [2.24, 2.45) is 0 Å². The molecule has 5 nitrogen and oxygen atoms in total. The number of amides is 1. The first-order chi connectivity index (χ1) is 5.61. The highest BCUT2D eigenvalue weighted by atomic mass is 16.6. The first-order valence-corrected chi connectivity index (χ1v) is 3.71. The molecule has 1 aromatic rings. The lowest BCUT2D eigenvalue weighted by molar-refractivity contribution is 0.0933. The lowest BCUT2D eigenvalue weighted by atomic mass is 10.3. The molecule has 0 saturated heterocycles. The van der Waals surface area contributed by atoms with E-state index in [-0.39, 0.29) is 17.6 Å². The number of carbonyl (C=O) groups is 1. The predicted molar refractivity (Wildman–Crippen MR) is 41.6 cm³/mol. The van der Waals surface area contributed by atoms with Gasteiger partial charge in [-0.1, -0.05) is 5.16 Å². The van der Waals surface area contributed by atoms with Crippen LogP contribution in [0.3, 0.4) is 0 Å². The van der Waals surface area contributed by atoms with Crippen LogP contribution in [0.25, 0.3) is 0 Å². The summed E-state index contributed by atoms with van der Waals surface area (Å²) in [7, 11) is 0. The zero-order valence-corrected chi connectivity index (χ0v) is 7.29. The van der Waals surface area contributed by atoms with Crippen LogP contribution < -0.4 is 5.32 Å². The maximum absolute atomic E-state index is 11.3. The minimum absolute atomic E-state index is 0.0913. The third kappa shape index (κ3) is 1.81. The SMILES string of the molecule is Cc1nonc1C(=O)NC(C)C. The molecule has 5 heteroatoms. The van der Waals surface area contributed by atoms with Gasteiger partial charge in [0.1, 0.15) is 5.69 Å².